The fraction of sp³-hybridized carbons (Fsp3) is 0.632. The molecule has 0 unspecified atom stereocenters. The normalized spacial score (nSPS) is 10.5. The van der Waals surface area contributed by atoms with Crippen molar-refractivity contribution >= 4 is 17.3 Å². The van der Waals surface area contributed by atoms with Crippen LogP contribution in [0.15, 0.2) is 18.2 Å². The molecule has 0 radical (unpaired) electrons. The van der Waals surface area contributed by atoms with Crippen LogP contribution in [-0.4, -0.2) is 40.8 Å². The van der Waals surface area contributed by atoms with E-state index in [4.69, 9.17) is 4.74 Å². The average molecular weight is 320 g/mol. The molecular weight excluding hydrogens is 288 g/mol. The summed E-state index contributed by atoms with van der Waals surface area (Å²) in [5.41, 5.74) is 2.59. The lowest BCUT2D eigenvalue weighted by Crippen LogP contribution is -2.17. The first-order valence-electron chi connectivity index (χ1n) is 8.63. The highest BCUT2D eigenvalue weighted by atomic mass is 16.5. The van der Waals surface area contributed by atoms with Crippen molar-refractivity contribution < 1.29 is 9.53 Å². The van der Waals surface area contributed by atoms with Crippen LogP contribution in [0.25, 0.3) is 0 Å². The van der Waals surface area contributed by atoms with Crippen LogP contribution in [0.4, 0.5) is 11.4 Å². The number of carbonyl (C=O) groups is 1. The van der Waals surface area contributed by atoms with Gasteiger partial charge in [0, 0.05) is 33.9 Å². The van der Waals surface area contributed by atoms with Gasteiger partial charge in [-0.15, -0.1) is 0 Å². The molecule has 4 nitrogen and oxygen atoms in total. The van der Waals surface area contributed by atoms with Gasteiger partial charge in [-0.1, -0.05) is 39.0 Å². The fourth-order valence-electron chi connectivity index (χ4n) is 2.47. The van der Waals surface area contributed by atoms with Crippen LogP contribution in [-0.2, 0) is 4.74 Å². The van der Waals surface area contributed by atoms with E-state index in [1.54, 1.807) is 0 Å². The van der Waals surface area contributed by atoms with Crippen molar-refractivity contribution in [2.75, 3.05) is 44.6 Å². The van der Waals surface area contributed by atoms with Crippen LogP contribution in [0.2, 0.25) is 0 Å². The molecule has 0 saturated heterocycles. The molecule has 0 saturated carbocycles. The quantitative estimate of drug-likeness (QED) is 0.474. The molecular formula is C19H32N2O2. The molecule has 0 fully saturated rings. The van der Waals surface area contributed by atoms with E-state index in [1.165, 1.54) is 25.7 Å². The molecule has 1 aromatic rings. The van der Waals surface area contributed by atoms with Gasteiger partial charge in [0.1, 0.15) is 0 Å². The summed E-state index contributed by atoms with van der Waals surface area (Å²) in [5, 5.41) is 0. The Morgan fingerprint density at radius 1 is 0.957 bits per heavy atom. The van der Waals surface area contributed by atoms with E-state index in [0.29, 0.717) is 12.2 Å². The molecule has 0 aliphatic rings. The van der Waals surface area contributed by atoms with Crippen LogP contribution in [0.5, 0.6) is 0 Å². The van der Waals surface area contributed by atoms with E-state index < -0.39 is 0 Å². The number of unbranched alkanes of at least 4 members (excludes halogenated alkanes) is 5. The minimum atomic E-state index is -0.229. The summed E-state index contributed by atoms with van der Waals surface area (Å²) in [4.78, 5) is 16.3. The first kappa shape index (κ1) is 19.3. The highest BCUT2D eigenvalue weighted by Gasteiger charge is 2.15. The number of carbonyl (C=O) groups excluding carboxylic acids is 1. The van der Waals surface area contributed by atoms with Gasteiger partial charge in [-0.25, -0.2) is 4.79 Å². The Morgan fingerprint density at radius 2 is 1.61 bits per heavy atom. The van der Waals surface area contributed by atoms with E-state index in [-0.39, 0.29) is 5.97 Å². The first-order chi connectivity index (χ1) is 11.0. The third kappa shape index (κ3) is 6.51. The summed E-state index contributed by atoms with van der Waals surface area (Å²) in [6.07, 6.45) is 7.14. The number of esters is 1. The predicted octanol–water partition coefficient (Wildman–Crippen LogP) is 4.34. The summed E-state index contributed by atoms with van der Waals surface area (Å²) < 4.78 is 5.45. The SMILES string of the molecule is CCCCCCCCOC(=O)c1ccc(N(C)C)cc1N(C)C. The van der Waals surface area contributed by atoms with Gasteiger partial charge in [-0.3, -0.25) is 0 Å². The fourth-order valence-corrected chi connectivity index (χ4v) is 2.47. The van der Waals surface area contributed by atoms with Crippen molar-refractivity contribution in [3.05, 3.63) is 23.8 Å². The Labute approximate surface area is 141 Å². The lowest BCUT2D eigenvalue weighted by Gasteiger charge is -2.20. The Balaban J connectivity index is 2.55. The number of benzene rings is 1. The molecule has 23 heavy (non-hydrogen) atoms. The van der Waals surface area contributed by atoms with Crippen LogP contribution < -0.4 is 9.80 Å². The molecule has 0 aliphatic heterocycles. The van der Waals surface area contributed by atoms with E-state index in [1.807, 2.05) is 56.2 Å². The Morgan fingerprint density at radius 3 is 2.22 bits per heavy atom. The number of rotatable bonds is 10. The smallest absolute Gasteiger partial charge is 0.340 e. The van der Waals surface area contributed by atoms with Crippen molar-refractivity contribution in [2.45, 2.75) is 45.4 Å². The largest absolute Gasteiger partial charge is 0.462 e. The summed E-state index contributed by atoms with van der Waals surface area (Å²) in [6.45, 7) is 2.72. The summed E-state index contributed by atoms with van der Waals surface area (Å²) in [6, 6.07) is 5.82. The molecule has 130 valence electrons. The summed E-state index contributed by atoms with van der Waals surface area (Å²) in [7, 11) is 7.87. The van der Waals surface area contributed by atoms with E-state index in [9.17, 15) is 4.79 Å². The maximum absolute atomic E-state index is 12.3. The second-order valence-corrected chi connectivity index (χ2v) is 6.39. The van der Waals surface area contributed by atoms with Crippen LogP contribution >= 0.6 is 0 Å². The monoisotopic (exact) mass is 320 g/mol. The minimum absolute atomic E-state index is 0.229. The second-order valence-electron chi connectivity index (χ2n) is 6.39. The molecule has 0 amide bonds. The standard InChI is InChI=1S/C19H32N2O2/c1-6-7-8-9-10-11-14-23-19(22)17-13-12-16(20(2)3)15-18(17)21(4)5/h12-13,15H,6-11,14H2,1-5H3. The molecule has 0 atom stereocenters. The highest BCUT2D eigenvalue weighted by molar-refractivity contribution is 5.96. The zero-order valence-electron chi connectivity index (χ0n) is 15.4. The maximum atomic E-state index is 12.3. The minimum Gasteiger partial charge on any atom is -0.462 e. The van der Waals surface area contributed by atoms with Crippen molar-refractivity contribution in [2.24, 2.45) is 0 Å². The Kier molecular flexibility index (Phi) is 8.52. The third-order valence-electron chi connectivity index (χ3n) is 3.93. The lowest BCUT2D eigenvalue weighted by atomic mass is 10.1. The maximum Gasteiger partial charge on any atom is 0.340 e. The van der Waals surface area contributed by atoms with Gasteiger partial charge in [-0.2, -0.15) is 0 Å². The lowest BCUT2D eigenvalue weighted by molar-refractivity contribution is 0.0498. The molecule has 0 aromatic heterocycles. The second kappa shape index (κ2) is 10.1. The van der Waals surface area contributed by atoms with Gasteiger partial charge >= 0.3 is 5.97 Å². The number of ether oxygens (including phenoxy) is 1. The molecule has 1 rings (SSSR count). The third-order valence-corrected chi connectivity index (χ3v) is 3.93. The zero-order chi connectivity index (χ0) is 17.2. The predicted molar refractivity (Wildman–Crippen MR) is 98.8 cm³/mol. The number of nitrogens with zero attached hydrogens (tertiary/aromatic N) is 2. The van der Waals surface area contributed by atoms with Crippen LogP contribution in [0.3, 0.4) is 0 Å². The van der Waals surface area contributed by atoms with Gasteiger partial charge in [-0.05, 0) is 24.6 Å². The van der Waals surface area contributed by atoms with Crippen LogP contribution in [0.1, 0.15) is 55.8 Å². The van der Waals surface area contributed by atoms with E-state index >= 15 is 0 Å². The van der Waals surface area contributed by atoms with Gasteiger partial charge in [0.2, 0.25) is 0 Å². The molecule has 0 heterocycles. The van der Waals surface area contributed by atoms with Gasteiger partial charge in [0.15, 0.2) is 0 Å². The molecule has 0 aliphatic carbocycles. The number of anilines is 2. The molecule has 0 spiro atoms. The average Bonchev–Trinajstić information content (AvgIpc) is 2.53. The van der Waals surface area contributed by atoms with E-state index in [0.717, 1.165) is 24.2 Å². The summed E-state index contributed by atoms with van der Waals surface area (Å²) in [5.74, 6) is -0.229. The molecule has 0 N–H and O–H groups in total. The van der Waals surface area contributed by atoms with E-state index in [2.05, 4.69) is 6.92 Å². The summed E-state index contributed by atoms with van der Waals surface area (Å²) >= 11 is 0. The number of hydrogen-bond acceptors (Lipinski definition) is 4. The Bertz CT molecular complexity index is 484. The van der Waals surface area contributed by atoms with Crippen molar-refractivity contribution in [1.82, 2.24) is 0 Å². The van der Waals surface area contributed by atoms with Gasteiger partial charge < -0.3 is 14.5 Å². The molecule has 4 heteroatoms. The van der Waals surface area contributed by atoms with Crippen molar-refractivity contribution in [3.63, 3.8) is 0 Å². The highest BCUT2D eigenvalue weighted by Crippen LogP contribution is 2.25. The zero-order valence-corrected chi connectivity index (χ0v) is 15.4. The molecule has 0 bridgehead atoms. The Hall–Kier alpha value is -1.71. The molecule has 1 aromatic carbocycles. The van der Waals surface area contributed by atoms with Crippen LogP contribution in [0, 0.1) is 0 Å². The topological polar surface area (TPSA) is 32.8 Å². The van der Waals surface area contributed by atoms with Gasteiger partial charge in [0.25, 0.3) is 0 Å². The van der Waals surface area contributed by atoms with Crippen molar-refractivity contribution in [1.29, 1.82) is 0 Å². The number of hydrogen-bond donors (Lipinski definition) is 0. The van der Waals surface area contributed by atoms with Gasteiger partial charge in [0.05, 0.1) is 17.9 Å². The first-order valence-corrected chi connectivity index (χ1v) is 8.63. The van der Waals surface area contributed by atoms with Crippen molar-refractivity contribution in [3.8, 4) is 0 Å².